The van der Waals surface area contributed by atoms with E-state index >= 15 is 0 Å². The van der Waals surface area contributed by atoms with Gasteiger partial charge in [-0.15, -0.1) is 0 Å². The summed E-state index contributed by atoms with van der Waals surface area (Å²) in [6.45, 7) is 10.9. The molecule has 6 heteroatoms. The predicted octanol–water partition coefficient (Wildman–Crippen LogP) is 3.98. The van der Waals surface area contributed by atoms with E-state index in [1.165, 1.54) is 11.3 Å². The van der Waals surface area contributed by atoms with E-state index in [4.69, 9.17) is 9.47 Å². The number of hydrazone groups is 1. The lowest BCUT2D eigenvalue weighted by atomic mass is 9.86. The topological polar surface area (TPSA) is 46.1 Å². The highest BCUT2D eigenvalue weighted by molar-refractivity contribution is 9.10. The summed E-state index contributed by atoms with van der Waals surface area (Å²) in [6.07, 6.45) is 2.02. The van der Waals surface area contributed by atoms with Crippen molar-refractivity contribution in [2.75, 3.05) is 32.8 Å². The molecule has 0 aromatic heterocycles. The number of halogens is 1. The predicted molar refractivity (Wildman–Crippen MR) is 105 cm³/mol. The third-order valence-electron chi connectivity index (χ3n) is 4.91. The fourth-order valence-corrected chi connectivity index (χ4v) is 4.15. The molecular formula is C19H28BrN3O2. The van der Waals surface area contributed by atoms with Gasteiger partial charge in [-0.05, 0) is 53.5 Å². The molecule has 1 fully saturated rings. The van der Waals surface area contributed by atoms with Gasteiger partial charge in [-0.2, -0.15) is 5.10 Å². The Bertz CT molecular complexity index is 635. The van der Waals surface area contributed by atoms with Crippen molar-refractivity contribution < 1.29 is 9.47 Å². The van der Waals surface area contributed by atoms with Crippen molar-refractivity contribution in [1.29, 1.82) is 0 Å². The lowest BCUT2D eigenvalue weighted by Crippen LogP contribution is -2.41. The molecule has 1 aromatic rings. The molecule has 138 valence electrons. The number of benzene rings is 1. The van der Waals surface area contributed by atoms with E-state index in [0.717, 1.165) is 48.4 Å². The second-order valence-electron chi connectivity index (χ2n) is 6.57. The minimum atomic E-state index is 0.195. The Morgan fingerprint density at radius 1 is 1.28 bits per heavy atom. The van der Waals surface area contributed by atoms with Gasteiger partial charge in [-0.3, -0.25) is 0 Å². The van der Waals surface area contributed by atoms with Crippen LogP contribution in [0.5, 0.6) is 11.5 Å². The second-order valence-corrected chi connectivity index (χ2v) is 7.43. The van der Waals surface area contributed by atoms with Crippen LogP contribution in [0.4, 0.5) is 0 Å². The summed E-state index contributed by atoms with van der Waals surface area (Å²) in [5.41, 5.74) is 5.86. The van der Waals surface area contributed by atoms with Gasteiger partial charge in [-0.1, -0.05) is 13.8 Å². The van der Waals surface area contributed by atoms with E-state index in [1.54, 1.807) is 0 Å². The van der Waals surface area contributed by atoms with Crippen molar-refractivity contribution in [3.8, 4) is 11.5 Å². The zero-order chi connectivity index (χ0) is 17.8. The Morgan fingerprint density at radius 2 is 2.12 bits per heavy atom. The van der Waals surface area contributed by atoms with Crippen molar-refractivity contribution in [2.24, 2.45) is 11.0 Å². The summed E-state index contributed by atoms with van der Waals surface area (Å²) < 4.78 is 12.7. The molecule has 0 aliphatic carbocycles. The maximum Gasteiger partial charge on any atom is 0.175 e. The molecule has 3 rings (SSSR count). The lowest BCUT2D eigenvalue weighted by Gasteiger charge is -2.33. The summed E-state index contributed by atoms with van der Waals surface area (Å²) in [6, 6.07) is 4.45. The highest BCUT2D eigenvalue weighted by Gasteiger charge is 2.37. The first-order valence-electron chi connectivity index (χ1n) is 9.31. The smallest absolute Gasteiger partial charge is 0.175 e. The van der Waals surface area contributed by atoms with Crippen LogP contribution in [0.3, 0.4) is 0 Å². The van der Waals surface area contributed by atoms with Crippen LogP contribution in [0, 0.1) is 5.92 Å². The molecule has 2 heterocycles. The van der Waals surface area contributed by atoms with Crippen LogP contribution >= 0.6 is 15.9 Å². The zero-order valence-electron chi connectivity index (χ0n) is 15.3. The van der Waals surface area contributed by atoms with Crippen LogP contribution in [-0.2, 0) is 0 Å². The largest absolute Gasteiger partial charge is 0.490 e. The van der Waals surface area contributed by atoms with E-state index in [2.05, 4.69) is 57.3 Å². The number of ether oxygens (including phenoxy) is 2. The van der Waals surface area contributed by atoms with Gasteiger partial charge >= 0.3 is 0 Å². The zero-order valence-corrected chi connectivity index (χ0v) is 16.9. The SMILES string of the molecule is CCCOc1c(Br)cc(C2NN=C3CCN(CC)CC32)cc1OCC. The molecule has 2 aliphatic heterocycles. The number of nitrogens with one attached hydrogen (secondary N) is 1. The minimum Gasteiger partial charge on any atom is -0.490 e. The molecule has 1 saturated heterocycles. The lowest BCUT2D eigenvalue weighted by molar-refractivity contribution is 0.238. The Balaban J connectivity index is 1.87. The van der Waals surface area contributed by atoms with E-state index in [0.29, 0.717) is 19.1 Å². The molecule has 2 aliphatic rings. The van der Waals surface area contributed by atoms with Gasteiger partial charge in [-0.25, -0.2) is 0 Å². The van der Waals surface area contributed by atoms with Gasteiger partial charge in [0.2, 0.25) is 0 Å². The third-order valence-corrected chi connectivity index (χ3v) is 5.49. The quantitative estimate of drug-likeness (QED) is 0.739. The minimum absolute atomic E-state index is 0.195. The normalized spacial score (nSPS) is 23.0. The highest BCUT2D eigenvalue weighted by atomic mass is 79.9. The summed E-state index contributed by atoms with van der Waals surface area (Å²) >= 11 is 3.68. The average Bonchev–Trinajstić information content (AvgIpc) is 3.04. The second kappa shape index (κ2) is 8.41. The molecular weight excluding hydrogens is 382 g/mol. The number of likely N-dealkylation sites (tertiary alicyclic amines) is 1. The molecule has 2 atom stereocenters. The highest BCUT2D eigenvalue weighted by Crippen LogP contribution is 2.41. The molecule has 5 nitrogen and oxygen atoms in total. The molecule has 0 spiro atoms. The van der Waals surface area contributed by atoms with Crippen LogP contribution in [0.2, 0.25) is 0 Å². The summed E-state index contributed by atoms with van der Waals surface area (Å²) in [5, 5.41) is 4.61. The average molecular weight is 410 g/mol. The molecule has 1 aromatic carbocycles. The molecule has 1 N–H and O–H groups in total. The molecule has 0 saturated carbocycles. The van der Waals surface area contributed by atoms with Crippen molar-refractivity contribution >= 4 is 21.6 Å². The fraction of sp³-hybridized carbons (Fsp3) is 0.632. The Hall–Kier alpha value is -1.27. The maximum absolute atomic E-state index is 5.90. The number of hydrogen-bond donors (Lipinski definition) is 1. The number of nitrogens with zero attached hydrogens (tertiary/aromatic N) is 2. The van der Waals surface area contributed by atoms with Crippen LogP contribution in [0.15, 0.2) is 21.7 Å². The first kappa shape index (κ1) is 18.5. The van der Waals surface area contributed by atoms with Crippen molar-refractivity contribution in [3.63, 3.8) is 0 Å². The van der Waals surface area contributed by atoms with Crippen molar-refractivity contribution in [2.45, 2.75) is 39.7 Å². The van der Waals surface area contributed by atoms with Gasteiger partial charge in [0.25, 0.3) is 0 Å². The van der Waals surface area contributed by atoms with Crippen LogP contribution in [0.1, 0.15) is 45.2 Å². The van der Waals surface area contributed by atoms with Gasteiger partial charge < -0.3 is 19.8 Å². The van der Waals surface area contributed by atoms with Crippen LogP contribution in [0.25, 0.3) is 0 Å². The summed E-state index contributed by atoms with van der Waals surface area (Å²) in [5.74, 6) is 2.03. The molecule has 2 unspecified atom stereocenters. The van der Waals surface area contributed by atoms with Crippen molar-refractivity contribution in [1.82, 2.24) is 10.3 Å². The van der Waals surface area contributed by atoms with Gasteiger partial charge in [0.15, 0.2) is 11.5 Å². The third kappa shape index (κ3) is 3.95. The van der Waals surface area contributed by atoms with Crippen LogP contribution in [-0.4, -0.2) is 43.5 Å². The van der Waals surface area contributed by atoms with E-state index < -0.39 is 0 Å². The number of piperidine rings is 1. The number of rotatable bonds is 7. The first-order chi connectivity index (χ1) is 12.2. The summed E-state index contributed by atoms with van der Waals surface area (Å²) in [7, 11) is 0. The molecule has 0 bridgehead atoms. The van der Waals surface area contributed by atoms with E-state index in [1.807, 2.05) is 6.92 Å². The van der Waals surface area contributed by atoms with Crippen molar-refractivity contribution in [3.05, 3.63) is 22.2 Å². The Labute approximate surface area is 158 Å². The molecule has 0 amide bonds. The standard InChI is InChI=1S/C19H28BrN3O2/c1-4-9-25-19-15(20)10-13(11-17(19)24-6-3)18-14-12-23(5-2)8-7-16(14)21-22-18/h10-11,14,18,22H,4-9,12H2,1-3H3. The fourth-order valence-electron chi connectivity index (χ4n) is 3.58. The van der Waals surface area contributed by atoms with Gasteiger partial charge in [0, 0.05) is 31.1 Å². The maximum atomic E-state index is 5.90. The Kier molecular flexibility index (Phi) is 6.23. The number of hydrogen-bond acceptors (Lipinski definition) is 5. The number of fused-ring (bicyclic) bond motifs is 1. The van der Waals surface area contributed by atoms with E-state index in [9.17, 15) is 0 Å². The molecule has 25 heavy (non-hydrogen) atoms. The first-order valence-corrected chi connectivity index (χ1v) is 10.1. The molecule has 0 radical (unpaired) electrons. The van der Waals surface area contributed by atoms with E-state index in [-0.39, 0.29) is 6.04 Å². The van der Waals surface area contributed by atoms with Gasteiger partial charge in [0.1, 0.15) is 0 Å². The summed E-state index contributed by atoms with van der Waals surface area (Å²) in [4.78, 5) is 2.50. The van der Waals surface area contributed by atoms with Gasteiger partial charge in [0.05, 0.1) is 23.7 Å². The monoisotopic (exact) mass is 409 g/mol. The van der Waals surface area contributed by atoms with Crippen LogP contribution < -0.4 is 14.9 Å². The Morgan fingerprint density at radius 3 is 2.84 bits per heavy atom.